The van der Waals surface area contributed by atoms with E-state index >= 15 is 0 Å². The molecule has 0 aliphatic carbocycles. The maximum Gasteiger partial charge on any atom is 0.243 e. The van der Waals surface area contributed by atoms with Gasteiger partial charge in [0.25, 0.3) is 0 Å². The minimum Gasteiger partial charge on any atom is -0.273 e. The first kappa shape index (κ1) is 20.8. The summed E-state index contributed by atoms with van der Waals surface area (Å²) in [5.74, 6) is -0.558. The molecule has 2 aromatic carbocycles. The molecule has 1 aliphatic rings. The molecule has 1 N–H and O–H groups in total. The highest BCUT2D eigenvalue weighted by molar-refractivity contribution is 7.89. The predicted molar refractivity (Wildman–Crippen MR) is 110 cm³/mol. The van der Waals surface area contributed by atoms with Gasteiger partial charge in [-0.1, -0.05) is 47.5 Å². The van der Waals surface area contributed by atoms with Crippen molar-refractivity contribution in [3.63, 3.8) is 0 Å². The number of rotatable bonds is 5. The Bertz CT molecular complexity index is 953. The van der Waals surface area contributed by atoms with Crippen LogP contribution in [-0.2, 0) is 14.8 Å². The molecule has 9 heteroatoms. The van der Waals surface area contributed by atoms with E-state index < -0.39 is 10.0 Å². The Labute approximate surface area is 174 Å². The van der Waals surface area contributed by atoms with E-state index in [-0.39, 0.29) is 29.8 Å². The predicted octanol–water partition coefficient (Wildman–Crippen LogP) is 3.54. The lowest BCUT2D eigenvalue weighted by Gasteiger charge is -2.30. The van der Waals surface area contributed by atoms with Gasteiger partial charge in [0.15, 0.2) is 0 Å². The fourth-order valence-electron chi connectivity index (χ4n) is 2.99. The van der Waals surface area contributed by atoms with Crippen LogP contribution in [0.5, 0.6) is 0 Å². The zero-order valence-electron chi connectivity index (χ0n) is 14.9. The van der Waals surface area contributed by atoms with Crippen LogP contribution in [0.3, 0.4) is 0 Å². The number of hydrazone groups is 1. The SMILES string of the molecule is O=C(N/N=C\c1c(Cl)cccc1Cl)C1CCN(S(=O)(=O)c2ccccc2)CC1. The van der Waals surface area contributed by atoms with Crippen molar-refractivity contribution in [2.45, 2.75) is 17.7 Å². The van der Waals surface area contributed by atoms with Crippen molar-refractivity contribution in [2.24, 2.45) is 11.0 Å². The van der Waals surface area contributed by atoms with Crippen molar-refractivity contribution in [1.29, 1.82) is 0 Å². The molecule has 0 unspecified atom stereocenters. The quantitative estimate of drug-likeness (QED) is 0.571. The first-order chi connectivity index (χ1) is 13.4. The van der Waals surface area contributed by atoms with Crippen molar-refractivity contribution in [3.8, 4) is 0 Å². The van der Waals surface area contributed by atoms with Crippen LogP contribution < -0.4 is 5.43 Å². The fraction of sp³-hybridized carbons (Fsp3) is 0.263. The van der Waals surface area contributed by atoms with E-state index in [2.05, 4.69) is 10.5 Å². The van der Waals surface area contributed by atoms with E-state index in [9.17, 15) is 13.2 Å². The van der Waals surface area contributed by atoms with Crippen LogP contribution in [0.4, 0.5) is 0 Å². The Morgan fingerprint density at radius 2 is 1.64 bits per heavy atom. The van der Waals surface area contributed by atoms with E-state index in [1.165, 1.54) is 10.5 Å². The van der Waals surface area contributed by atoms with Gasteiger partial charge in [0, 0.05) is 24.6 Å². The van der Waals surface area contributed by atoms with Crippen LogP contribution in [0.1, 0.15) is 18.4 Å². The number of nitrogens with zero attached hydrogens (tertiary/aromatic N) is 2. The highest BCUT2D eigenvalue weighted by Gasteiger charge is 2.31. The number of sulfonamides is 1. The van der Waals surface area contributed by atoms with Crippen LogP contribution >= 0.6 is 23.2 Å². The van der Waals surface area contributed by atoms with Gasteiger partial charge in [-0.3, -0.25) is 4.79 Å². The van der Waals surface area contributed by atoms with Gasteiger partial charge < -0.3 is 0 Å². The van der Waals surface area contributed by atoms with Gasteiger partial charge in [-0.25, -0.2) is 13.8 Å². The largest absolute Gasteiger partial charge is 0.273 e. The Hall–Kier alpha value is -1.93. The fourth-order valence-corrected chi connectivity index (χ4v) is 4.97. The summed E-state index contributed by atoms with van der Waals surface area (Å²) in [5.41, 5.74) is 3.01. The van der Waals surface area contributed by atoms with E-state index in [4.69, 9.17) is 23.2 Å². The number of amides is 1. The third kappa shape index (κ3) is 4.72. The second-order valence-corrected chi connectivity index (χ2v) is 9.11. The molecule has 0 bridgehead atoms. The summed E-state index contributed by atoms with van der Waals surface area (Å²) < 4.78 is 26.7. The van der Waals surface area contributed by atoms with Crippen LogP contribution in [0.25, 0.3) is 0 Å². The molecular weight excluding hydrogens is 421 g/mol. The lowest BCUT2D eigenvalue weighted by molar-refractivity contribution is -0.126. The summed E-state index contributed by atoms with van der Waals surface area (Å²) in [7, 11) is -3.53. The normalized spacial score (nSPS) is 16.4. The summed E-state index contributed by atoms with van der Waals surface area (Å²) in [4.78, 5) is 12.6. The molecule has 1 fully saturated rings. The van der Waals surface area contributed by atoms with Crippen LogP contribution in [-0.4, -0.2) is 37.9 Å². The molecule has 0 spiro atoms. The van der Waals surface area contributed by atoms with Crippen LogP contribution in [0, 0.1) is 5.92 Å². The number of carbonyl (C=O) groups excluding carboxylic acids is 1. The second-order valence-electron chi connectivity index (χ2n) is 6.36. The van der Waals surface area contributed by atoms with Crippen molar-refractivity contribution >= 4 is 45.3 Å². The number of benzene rings is 2. The summed E-state index contributed by atoms with van der Waals surface area (Å²) >= 11 is 12.1. The lowest BCUT2D eigenvalue weighted by atomic mass is 9.98. The summed E-state index contributed by atoms with van der Waals surface area (Å²) in [6.45, 7) is 0.574. The number of halogens is 2. The monoisotopic (exact) mass is 439 g/mol. The highest BCUT2D eigenvalue weighted by atomic mass is 35.5. The van der Waals surface area contributed by atoms with Gasteiger partial charge in [0.2, 0.25) is 15.9 Å². The Balaban J connectivity index is 1.56. The van der Waals surface area contributed by atoms with Crippen molar-refractivity contribution in [2.75, 3.05) is 13.1 Å². The third-order valence-electron chi connectivity index (χ3n) is 4.57. The maximum absolute atomic E-state index is 12.6. The molecule has 1 saturated heterocycles. The Morgan fingerprint density at radius 3 is 2.25 bits per heavy atom. The van der Waals surface area contributed by atoms with Gasteiger partial charge in [0.05, 0.1) is 21.2 Å². The molecule has 148 valence electrons. The molecule has 28 heavy (non-hydrogen) atoms. The van der Waals surface area contributed by atoms with Gasteiger partial charge in [-0.05, 0) is 37.1 Å². The number of hydrogen-bond acceptors (Lipinski definition) is 4. The first-order valence-corrected chi connectivity index (χ1v) is 10.9. The molecule has 1 amide bonds. The van der Waals surface area contributed by atoms with Gasteiger partial charge in [-0.2, -0.15) is 9.41 Å². The molecule has 0 aromatic heterocycles. The Kier molecular flexibility index (Phi) is 6.72. The average Bonchev–Trinajstić information content (AvgIpc) is 2.71. The molecule has 6 nitrogen and oxygen atoms in total. The minimum absolute atomic E-state index is 0.254. The Morgan fingerprint density at radius 1 is 1.04 bits per heavy atom. The van der Waals surface area contributed by atoms with E-state index in [1.54, 1.807) is 48.5 Å². The van der Waals surface area contributed by atoms with E-state index in [0.717, 1.165) is 0 Å². The number of carbonyl (C=O) groups is 1. The zero-order chi connectivity index (χ0) is 20.1. The van der Waals surface area contributed by atoms with Gasteiger partial charge in [-0.15, -0.1) is 0 Å². The van der Waals surface area contributed by atoms with E-state index in [0.29, 0.717) is 28.5 Å². The summed E-state index contributed by atoms with van der Waals surface area (Å²) in [6.07, 6.45) is 2.26. The zero-order valence-corrected chi connectivity index (χ0v) is 17.2. The summed E-state index contributed by atoms with van der Waals surface area (Å²) in [6, 6.07) is 13.4. The molecular formula is C19H19Cl2N3O3S. The van der Waals surface area contributed by atoms with Crippen molar-refractivity contribution in [1.82, 2.24) is 9.73 Å². The smallest absolute Gasteiger partial charge is 0.243 e. The molecule has 0 saturated carbocycles. The second kappa shape index (κ2) is 9.05. The van der Waals surface area contributed by atoms with Gasteiger partial charge in [0.1, 0.15) is 0 Å². The molecule has 3 rings (SSSR count). The number of piperidine rings is 1. The van der Waals surface area contributed by atoms with Crippen molar-refractivity contribution in [3.05, 3.63) is 64.1 Å². The molecule has 0 atom stereocenters. The topological polar surface area (TPSA) is 78.8 Å². The van der Waals surface area contributed by atoms with Crippen LogP contribution in [0.15, 0.2) is 58.5 Å². The molecule has 1 heterocycles. The third-order valence-corrected chi connectivity index (χ3v) is 7.15. The summed E-state index contributed by atoms with van der Waals surface area (Å²) in [5, 5.41) is 4.80. The van der Waals surface area contributed by atoms with Crippen molar-refractivity contribution < 1.29 is 13.2 Å². The number of nitrogens with one attached hydrogen (secondary N) is 1. The highest BCUT2D eigenvalue weighted by Crippen LogP contribution is 2.24. The average molecular weight is 440 g/mol. The lowest BCUT2D eigenvalue weighted by Crippen LogP contribution is -2.42. The minimum atomic E-state index is -3.53. The number of hydrogen-bond donors (Lipinski definition) is 1. The molecule has 1 aliphatic heterocycles. The molecule has 0 radical (unpaired) electrons. The van der Waals surface area contributed by atoms with Crippen LogP contribution in [0.2, 0.25) is 10.0 Å². The maximum atomic E-state index is 12.6. The first-order valence-electron chi connectivity index (χ1n) is 8.71. The van der Waals surface area contributed by atoms with E-state index in [1.807, 2.05) is 0 Å². The van der Waals surface area contributed by atoms with Gasteiger partial charge >= 0.3 is 0 Å². The standard InChI is InChI=1S/C19H19Cl2N3O3S/c20-17-7-4-8-18(21)16(17)13-22-23-19(25)14-9-11-24(12-10-14)28(26,27)15-5-2-1-3-6-15/h1-8,13-14H,9-12H2,(H,23,25)/b22-13-. The molecule has 2 aromatic rings.